The SMILES string of the molecule is CC(O)(C(=O)Nc1ccc(S(=O)(=O)c2ccc(S(N)(=O)=O)cc2)cc1Cl)C(F)(F)F. The average Bonchev–Trinajstić information content (AvgIpc) is 2.61. The number of anilines is 1. The van der Waals surface area contributed by atoms with Gasteiger partial charge < -0.3 is 10.4 Å². The first-order valence-electron chi connectivity index (χ1n) is 7.76. The number of sulfone groups is 1. The van der Waals surface area contributed by atoms with Gasteiger partial charge in [-0.05, 0) is 49.4 Å². The number of hydrogen-bond acceptors (Lipinski definition) is 6. The molecular formula is C16H14ClF3N2O6S2. The van der Waals surface area contributed by atoms with Crippen LogP contribution in [0.5, 0.6) is 0 Å². The maximum atomic E-state index is 12.7. The molecule has 8 nitrogen and oxygen atoms in total. The number of benzene rings is 2. The Kier molecular flexibility index (Phi) is 6.27. The van der Waals surface area contributed by atoms with Crippen LogP contribution in [0.1, 0.15) is 6.92 Å². The molecule has 1 unspecified atom stereocenters. The summed E-state index contributed by atoms with van der Waals surface area (Å²) in [4.78, 5) is 10.7. The molecule has 0 bridgehead atoms. The van der Waals surface area contributed by atoms with Gasteiger partial charge >= 0.3 is 6.18 Å². The van der Waals surface area contributed by atoms with Gasteiger partial charge in [0.25, 0.3) is 5.91 Å². The number of aliphatic hydroxyl groups is 1. The van der Waals surface area contributed by atoms with Gasteiger partial charge in [0.15, 0.2) is 0 Å². The molecule has 2 aromatic carbocycles. The minimum absolute atomic E-state index is 0.250. The fourth-order valence-electron chi connectivity index (χ4n) is 2.08. The third kappa shape index (κ3) is 4.75. The molecule has 164 valence electrons. The fraction of sp³-hybridized carbons (Fsp3) is 0.188. The monoisotopic (exact) mass is 486 g/mol. The first kappa shape index (κ1) is 24.1. The number of carbonyl (C=O) groups excluding carboxylic acids is 1. The van der Waals surface area contributed by atoms with Gasteiger partial charge in [0.1, 0.15) is 0 Å². The molecule has 0 fully saturated rings. The predicted octanol–water partition coefficient (Wildman–Crippen LogP) is 2.07. The molecule has 0 spiro atoms. The van der Waals surface area contributed by atoms with E-state index in [1.165, 1.54) is 0 Å². The summed E-state index contributed by atoms with van der Waals surface area (Å²) in [5.74, 6) is -1.81. The Morgan fingerprint density at radius 2 is 1.47 bits per heavy atom. The molecule has 2 aromatic rings. The predicted molar refractivity (Wildman–Crippen MR) is 100 cm³/mol. The van der Waals surface area contributed by atoms with Crippen LogP contribution in [0.4, 0.5) is 18.9 Å². The van der Waals surface area contributed by atoms with E-state index in [9.17, 15) is 39.9 Å². The highest BCUT2D eigenvalue weighted by atomic mass is 35.5. The Hall–Kier alpha value is -2.19. The van der Waals surface area contributed by atoms with Crippen LogP contribution >= 0.6 is 11.6 Å². The Morgan fingerprint density at radius 3 is 1.90 bits per heavy atom. The molecular weight excluding hydrogens is 473 g/mol. The first-order chi connectivity index (χ1) is 13.5. The molecule has 14 heteroatoms. The van der Waals surface area contributed by atoms with E-state index in [2.05, 4.69) is 0 Å². The summed E-state index contributed by atoms with van der Waals surface area (Å²) in [7, 11) is -8.22. The molecule has 0 heterocycles. The van der Waals surface area contributed by atoms with Crippen LogP contribution in [0.2, 0.25) is 5.02 Å². The average molecular weight is 487 g/mol. The highest BCUT2D eigenvalue weighted by Crippen LogP contribution is 2.33. The van der Waals surface area contributed by atoms with E-state index >= 15 is 0 Å². The van der Waals surface area contributed by atoms with Crippen molar-refractivity contribution < 1.29 is 39.9 Å². The Morgan fingerprint density at radius 1 is 1.00 bits per heavy atom. The van der Waals surface area contributed by atoms with E-state index in [-0.39, 0.29) is 27.3 Å². The lowest BCUT2D eigenvalue weighted by molar-refractivity contribution is -0.242. The lowest BCUT2D eigenvalue weighted by Crippen LogP contribution is -2.52. The summed E-state index contributed by atoms with van der Waals surface area (Å²) in [6.45, 7) is 0.250. The highest BCUT2D eigenvalue weighted by Gasteiger charge is 2.55. The molecule has 0 saturated heterocycles. The largest absolute Gasteiger partial charge is 0.426 e. The van der Waals surface area contributed by atoms with Crippen molar-refractivity contribution in [3.63, 3.8) is 0 Å². The van der Waals surface area contributed by atoms with Gasteiger partial charge in [0.2, 0.25) is 25.5 Å². The summed E-state index contributed by atoms with van der Waals surface area (Å²) >= 11 is 5.88. The second-order valence-electron chi connectivity index (χ2n) is 6.19. The number of amides is 1. The van der Waals surface area contributed by atoms with Gasteiger partial charge in [-0.15, -0.1) is 0 Å². The van der Waals surface area contributed by atoms with Crippen molar-refractivity contribution in [3.05, 3.63) is 47.5 Å². The van der Waals surface area contributed by atoms with Crippen molar-refractivity contribution in [3.8, 4) is 0 Å². The third-order valence-electron chi connectivity index (χ3n) is 3.96. The van der Waals surface area contributed by atoms with Gasteiger partial charge in [-0.1, -0.05) is 11.6 Å². The van der Waals surface area contributed by atoms with Crippen molar-refractivity contribution in [1.29, 1.82) is 0 Å². The summed E-state index contributed by atoms with van der Waals surface area (Å²) < 4.78 is 86.0. The molecule has 0 aliphatic heterocycles. The van der Waals surface area contributed by atoms with Crippen LogP contribution < -0.4 is 10.5 Å². The zero-order valence-electron chi connectivity index (χ0n) is 14.9. The van der Waals surface area contributed by atoms with Crippen LogP contribution in [0.3, 0.4) is 0 Å². The van der Waals surface area contributed by atoms with E-state index in [1.54, 1.807) is 5.32 Å². The molecule has 0 aromatic heterocycles. The van der Waals surface area contributed by atoms with Gasteiger partial charge in [0, 0.05) is 0 Å². The third-order valence-corrected chi connectivity index (χ3v) is 6.96. The number of primary sulfonamides is 1. The standard InChI is InChI=1S/C16H14ClF3N2O6S2/c1-15(24,16(18,19)20)14(23)22-13-7-6-11(8-12(13)17)29(25,26)9-2-4-10(5-3-9)30(21,27)28/h2-8,24H,1H3,(H,22,23)(H2,21,27,28). The summed E-state index contributed by atoms with van der Waals surface area (Å²) in [5, 5.41) is 15.7. The summed E-state index contributed by atoms with van der Waals surface area (Å²) in [6.07, 6.45) is -5.25. The minimum atomic E-state index is -5.25. The van der Waals surface area contributed by atoms with Crippen molar-refractivity contribution in [1.82, 2.24) is 0 Å². The molecule has 0 radical (unpaired) electrons. The Balaban J connectivity index is 2.35. The molecule has 4 N–H and O–H groups in total. The topological polar surface area (TPSA) is 144 Å². The van der Waals surface area contributed by atoms with Crippen molar-refractivity contribution >= 4 is 43.1 Å². The number of nitrogens with one attached hydrogen (secondary N) is 1. The number of carbonyl (C=O) groups is 1. The molecule has 0 aliphatic rings. The van der Waals surface area contributed by atoms with Crippen molar-refractivity contribution in [2.75, 3.05) is 5.32 Å². The number of hydrogen-bond donors (Lipinski definition) is 3. The van der Waals surface area contributed by atoms with Gasteiger partial charge in [0.05, 0.1) is 25.4 Å². The number of sulfonamides is 1. The van der Waals surface area contributed by atoms with E-state index < -0.39 is 42.6 Å². The lowest BCUT2D eigenvalue weighted by atomic mass is 10.1. The van der Waals surface area contributed by atoms with Gasteiger partial charge in [-0.25, -0.2) is 22.0 Å². The van der Waals surface area contributed by atoms with Crippen LogP contribution in [0.25, 0.3) is 0 Å². The number of nitrogens with two attached hydrogens (primary N) is 1. The first-order valence-corrected chi connectivity index (χ1v) is 11.2. The molecule has 2 rings (SSSR count). The maximum absolute atomic E-state index is 12.7. The van der Waals surface area contributed by atoms with E-state index in [0.717, 1.165) is 42.5 Å². The van der Waals surface area contributed by atoms with Gasteiger partial charge in [-0.3, -0.25) is 4.79 Å². The van der Waals surface area contributed by atoms with Crippen LogP contribution in [-0.4, -0.2) is 39.6 Å². The summed E-state index contributed by atoms with van der Waals surface area (Å²) in [6, 6.07) is 6.75. The normalized spacial score (nSPS) is 14.8. The van der Waals surface area contributed by atoms with Crippen molar-refractivity contribution in [2.24, 2.45) is 5.14 Å². The number of rotatable bonds is 5. The van der Waals surface area contributed by atoms with E-state index in [1.807, 2.05) is 0 Å². The smallest absolute Gasteiger partial charge is 0.373 e. The van der Waals surface area contributed by atoms with Crippen LogP contribution in [0, 0.1) is 0 Å². The quantitative estimate of drug-likeness (QED) is 0.590. The maximum Gasteiger partial charge on any atom is 0.426 e. The molecule has 30 heavy (non-hydrogen) atoms. The lowest BCUT2D eigenvalue weighted by Gasteiger charge is -2.25. The van der Waals surface area contributed by atoms with Crippen LogP contribution in [-0.2, 0) is 24.7 Å². The molecule has 1 amide bonds. The Bertz CT molecular complexity index is 1190. The summed E-state index contributed by atoms with van der Waals surface area (Å²) in [5.41, 5.74) is -4.07. The van der Waals surface area contributed by atoms with E-state index in [0.29, 0.717) is 0 Å². The second kappa shape index (κ2) is 7.81. The number of halogens is 4. The molecule has 1 atom stereocenters. The second-order valence-corrected chi connectivity index (χ2v) is 10.1. The Labute approximate surface area is 174 Å². The van der Waals surface area contributed by atoms with E-state index in [4.69, 9.17) is 16.7 Å². The molecule has 0 saturated carbocycles. The number of alkyl halides is 3. The zero-order chi connectivity index (χ0) is 23.1. The molecule has 0 aliphatic carbocycles. The van der Waals surface area contributed by atoms with Gasteiger partial charge in [-0.2, -0.15) is 13.2 Å². The van der Waals surface area contributed by atoms with Crippen LogP contribution in [0.15, 0.2) is 57.2 Å². The zero-order valence-corrected chi connectivity index (χ0v) is 17.3. The fourth-order valence-corrected chi connectivity index (χ4v) is 4.18. The van der Waals surface area contributed by atoms with Crippen molar-refractivity contribution in [2.45, 2.75) is 33.4 Å². The minimum Gasteiger partial charge on any atom is -0.373 e. The highest BCUT2D eigenvalue weighted by molar-refractivity contribution is 7.91.